The lowest BCUT2D eigenvalue weighted by molar-refractivity contribution is -0.138. The summed E-state index contributed by atoms with van der Waals surface area (Å²) in [6.45, 7) is 0.129. The predicted octanol–water partition coefficient (Wildman–Crippen LogP) is 4.73. The maximum Gasteiger partial charge on any atom is 0.417 e. The lowest BCUT2D eigenvalue weighted by atomic mass is 9.79. The fraction of sp³-hybridized carbons (Fsp3) is 0.391. The van der Waals surface area contributed by atoms with Gasteiger partial charge in [0, 0.05) is 24.9 Å². The number of benzene rings is 2. The van der Waals surface area contributed by atoms with Crippen molar-refractivity contribution >= 4 is 6.09 Å². The van der Waals surface area contributed by atoms with Gasteiger partial charge in [-0.15, -0.1) is 0 Å². The molecular formula is C23H21F3N2O3. The number of nitrogens with zero attached hydrogens (tertiary/aromatic N) is 2. The van der Waals surface area contributed by atoms with Crippen LogP contribution >= 0.6 is 0 Å². The number of piperidine rings is 1. The fourth-order valence-electron chi connectivity index (χ4n) is 4.72. The van der Waals surface area contributed by atoms with E-state index in [1.165, 1.54) is 6.07 Å². The third kappa shape index (κ3) is 4.10. The second-order valence-electron chi connectivity index (χ2n) is 8.14. The molecule has 8 heteroatoms. The molecule has 4 rings (SSSR count). The van der Waals surface area contributed by atoms with Gasteiger partial charge in [-0.1, -0.05) is 36.4 Å². The molecule has 162 valence electrons. The van der Waals surface area contributed by atoms with Crippen molar-refractivity contribution in [3.63, 3.8) is 0 Å². The van der Waals surface area contributed by atoms with Crippen LogP contribution < -0.4 is 0 Å². The number of rotatable bonds is 3. The highest BCUT2D eigenvalue weighted by molar-refractivity contribution is 5.69. The maximum atomic E-state index is 13.4. The van der Waals surface area contributed by atoms with Crippen LogP contribution in [0.4, 0.5) is 18.0 Å². The summed E-state index contributed by atoms with van der Waals surface area (Å²) in [5.74, 6) is 0. The molecule has 2 atom stereocenters. The Kier molecular flexibility index (Phi) is 5.40. The highest BCUT2D eigenvalue weighted by Crippen LogP contribution is 2.47. The third-order valence-electron chi connectivity index (χ3n) is 6.17. The van der Waals surface area contributed by atoms with E-state index in [4.69, 9.17) is 10.00 Å². The molecule has 2 aliphatic rings. The van der Waals surface area contributed by atoms with E-state index in [9.17, 15) is 23.1 Å². The van der Waals surface area contributed by atoms with Crippen molar-refractivity contribution in [2.45, 2.75) is 56.2 Å². The van der Waals surface area contributed by atoms with Crippen LogP contribution in [0, 0.1) is 11.3 Å². The lowest BCUT2D eigenvalue weighted by Crippen LogP contribution is -2.52. The molecule has 5 nitrogen and oxygen atoms in total. The summed E-state index contributed by atoms with van der Waals surface area (Å²) in [7, 11) is 0. The quantitative estimate of drug-likeness (QED) is 0.764. The molecule has 2 aliphatic heterocycles. The number of fused-ring (bicyclic) bond motifs is 2. The van der Waals surface area contributed by atoms with Crippen molar-refractivity contribution in [1.29, 1.82) is 5.26 Å². The van der Waals surface area contributed by atoms with Crippen molar-refractivity contribution in [3.05, 3.63) is 70.8 Å². The minimum atomic E-state index is -4.70. The first kappa shape index (κ1) is 21.2. The Hall–Kier alpha value is -3.05. The average Bonchev–Trinajstić information content (AvgIpc) is 3.03. The number of alkyl halides is 3. The maximum absolute atomic E-state index is 13.4. The molecule has 2 heterocycles. The van der Waals surface area contributed by atoms with E-state index < -0.39 is 29.0 Å². The van der Waals surface area contributed by atoms with Gasteiger partial charge in [-0.05, 0) is 36.1 Å². The van der Waals surface area contributed by atoms with Crippen LogP contribution in [0.5, 0.6) is 0 Å². The van der Waals surface area contributed by atoms with Gasteiger partial charge in [0.15, 0.2) is 0 Å². The molecule has 0 saturated carbocycles. The number of nitriles is 1. The Morgan fingerprint density at radius 1 is 1.16 bits per heavy atom. The summed E-state index contributed by atoms with van der Waals surface area (Å²) in [6.07, 6.45) is -3.64. The summed E-state index contributed by atoms with van der Waals surface area (Å²) in [4.78, 5) is 14.3. The standard InChI is InChI=1S/C23H21F3N2O3/c24-23(25,26)20-10-17(7-6-16(20)13-27)22(30)11-18-8-9-19(12-22)28(18)21(29)31-14-15-4-2-1-3-5-15/h1-7,10,18-19,30H,8-9,11-12,14H2. The molecule has 0 aromatic heterocycles. The smallest absolute Gasteiger partial charge is 0.417 e. The van der Waals surface area contributed by atoms with Gasteiger partial charge in [-0.2, -0.15) is 18.4 Å². The molecule has 2 saturated heterocycles. The summed E-state index contributed by atoms with van der Waals surface area (Å²) in [5, 5.41) is 20.3. The molecule has 31 heavy (non-hydrogen) atoms. The molecule has 1 N–H and O–H groups in total. The van der Waals surface area contributed by atoms with Gasteiger partial charge in [-0.3, -0.25) is 0 Å². The van der Waals surface area contributed by atoms with E-state index in [2.05, 4.69) is 0 Å². The van der Waals surface area contributed by atoms with Crippen molar-refractivity contribution in [1.82, 2.24) is 4.90 Å². The first-order valence-corrected chi connectivity index (χ1v) is 10.0. The van der Waals surface area contributed by atoms with Gasteiger partial charge in [0.1, 0.15) is 6.61 Å². The molecule has 2 bridgehead atoms. The van der Waals surface area contributed by atoms with Crippen molar-refractivity contribution < 1.29 is 27.8 Å². The SMILES string of the molecule is N#Cc1ccc(C2(O)CC3CCC(C2)N3C(=O)OCc2ccccc2)cc1C(F)(F)F. The van der Waals surface area contributed by atoms with E-state index in [0.717, 1.165) is 17.7 Å². The summed E-state index contributed by atoms with van der Waals surface area (Å²) in [6, 6.07) is 13.5. The molecule has 2 fully saturated rings. The molecule has 2 aromatic rings. The number of carbonyl (C=O) groups excluding carboxylic acids is 1. The van der Waals surface area contributed by atoms with Crippen LogP contribution in [0.3, 0.4) is 0 Å². The first-order chi connectivity index (χ1) is 14.7. The van der Waals surface area contributed by atoms with Gasteiger partial charge < -0.3 is 14.7 Å². The van der Waals surface area contributed by atoms with Crippen molar-refractivity contribution in [3.8, 4) is 6.07 Å². The number of carbonyl (C=O) groups is 1. The fourth-order valence-corrected chi connectivity index (χ4v) is 4.72. The van der Waals surface area contributed by atoms with Crippen LogP contribution in [0.15, 0.2) is 48.5 Å². The zero-order valence-corrected chi connectivity index (χ0v) is 16.6. The van der Waals surface area contributed by atoms with Crippen LogP contribution in [-0.4, -0.2) is 28.2 Å². The van der Waals surface area contributed by atoms with Gasteiger partial charge in [0.2, 0.25) is 0 Å². The Morgan fingerprint density at radius 3 is 2.39 bits per heavy atom. The van der Waals surface area contributed by atoms with Gasteiger partial charge in [-0.25, -0.2) is 4.79 Å². The van der Waals surface area contributed by atoms with Crippen LogP contribution in [0.1, 0.15) is 47.9 Å². The van der Waals surface area contributed by atoms with Gasteiger partial charge in [0.25, 0.3) is 0 Å². The number of halogens is 3. The number of aliphatic hydroxyl groups is 1. The van der Waals surface area contributed by atoms with Gasteiger partial charge in [0.05, 0.1) is 22.8 Å². The lowest BCUT2D eigenvalue weighted by Gasteiger charge is -2.43. The summed E-state index contributed by atoms with van der Waals surface area (Å²) in [5.41, 5.74) is -2.07. The minimum absolute atomic E-state index is 0.118. The zero-order valence-electron chi connectivity index (χ0n) is 16.6. The Balaban J connectivity index is 1.52. The second-order valence-corrected chi connectivity index (χ2v) is 8.14. The van der Waals surface area contributed by atoms with E-state index in [-0.39, 0.29) is 37.1 Å². The number of hydrogen-bond acceptors (Lipinski definition) is 4. The Labute approximate surface area is 177 Å². The Morgan fingerprint density at radius 2 is 1.81 bits per heavy atom. The van der Waals surface area contributed by atoms with Crippen LogP contribution in [0.2, 0.25) is 0 Å². The van der Waals surface area contributed by atoms with Crippen LogP contribution in [-0.2, 0) is 23.1 Å². The average molecular weight is 430 g/mol. The molecule has 0 spiro atoms. The normalized spacial score (nSPS) is 25.2. The minimum Gasteiger partial charge on any atom is -0.445 e. The second kappa shape index (κ2) is 7.89. The van der Waals surface area contributed by atoms with Crippen LogP contribution in [0.25, 0.3) is 0 Å². The number of hydrogen-bond donors (Lipinski definition) is 1. The van der Waals surface area contributed by atoms with E-state index in [0.29, 0.717) is 12.8 Å². The summed E-state index contributed by atoms with van der Waals surface area (Å²) >= 11 is 0. The van der Waals surface area contributed by atoms with Crippen molar-refractivity contribution in [2.24, 2.45) is 0 Å². The molecule has 2 aromatic carbocycles. The zero-order chi connectivity index (χ0) is 22.2. The molecule has 0 radical (unpaired) electrons. The van der Waals surface area contributed by atoms with Crippen molar-refractivity contribution in [2.75, 3.05) is 0 Å². The highest BCUT2D eigenvalue weighted by Gasteiger charge is 2.51. The largest absolute Gasteiger partial charge is 0.445 e. The third-order valence-corrected chi connectivity index (χ3v) is 6.17. The summed E-state index contributed by atoms with van der Waals surface area (Å²) < 4.78 is 45.5. The highest BCUT2D eigenvalue weighted by atomic mass is 19.4. The molecule has 2 unspecified atom stereocenters. The number of ether oxygens (including phenoxy) is 1. The monoisotopic (exact) mass is 430 g/mol. The van der Waals surface area contributed by atoms with Gasteiger partial charge >= 0.3 is 12.3 Å². The molecule has 1 amide bonds. The first-order valence-electron chi connectivity index (χ1n) is 10.0. The van der Waals surface area contributed by atoms with E-state index in [1.54, 1.807) is 11.0 Å². The topological polar surface area (TPSA) is 73.6 Å². The molecular weight excluding hydrogens is 409 g/mol. The number of amides is 1. The predicted molar refractivity (Wildman–Crippen MR) is 105 cm³/mol. The molecule has 0 aliphatic carbocycles. The van der Waals surface area contributed by atoms with E-state index in [1.807, 2.05) is 30.3 Å². The Bertz CT molecular complexity index is 1000. The van der Waals surface area contributed by atoms with E-state index >= 15 is 0 Å².